The van der Waals surface area contributed by atoms with Crippen molar-refractivity contribution in [3.8, 4) is 5.75 Å². The third kappa shape index (κ3) is 1.98. The molecular weight excluding hydrogens is 228 g/mol. The first-order chi connectivity index (χ1) is 7.38. The Labute approximate surface area is 94.9 Å². The molecule has 0 amide bonds. The van der Waals surface area contributed by atoms with Crippen molar-refractivity contribution in [1.82, 2.24) is 0 Å². The summed E-state index contributed by atoms with van der Waals surface area (Å²) in [6, 6.07) is 4.64. The molecular formula is C10H14N2O3S. The average Bonchev–Trinajstić information content (AvgIpc) is 2.15. The molecule has 1 unspecified atom stereocenters. The SMILES string of the molecule is CC1CN(C)c2cc(S(N)(=O)=O)ccc2O1. The minimum absolute atomic E-state index is 0.0952. The molecule has 5 nitrogen and oxygen atoms in total. The Hall–Kier alpha value is -1.27. The Kier molecular flexibility index (Phi) is 2.55. The summed E-state index contributed by atoms with van der Waals surface area (Å²) in [5, 5.41) is 5.08. The van der Waals surface area contributed by atoms with E-state index in [1.807, 2.05) is 18.9 Å². The summed E-state index contributed by atoms with van der Waals surface area (Å²) in [4.78, 5) is 2.06. The number of sulfonamides is 1. The van der Waals surface area contributed by atoms with E-state index in [0.717, 1.165) is 12.2 Å². The fraction of sp³-hybridized carbons (Fsp3) is 0.400. The van der Waals surface area contributed by atoms with Crippen LogP contribution in [-0.4, -0.2) is 28.1 Å². The van der Waals surface area contributed by atoms with Gasteiger partial charge in [0.25, 0.3) is 0 Å². The fourth-order valence-electron chi connectivity index (χ4n) is 1.81. The Morgan fingerprint density at radius 3 is 2.81 bits per heavy atom. The minimum atomic E-state index is -3.66. The van der Waals surface area contributed by atoms with Gasteiger partial charge in [-0.25, -0.2) is 13.6 Å². The van der Waals surface area contributed by atoms with Gasteiger partial charge < -0.3 is 9.64 Å². The van der Waals surface area contributed by atoms with Crippen LogP contribution in [-0.2, 0) is 10.0 Å². The molecule has 0 spiro atoms. The van der Waals surface area contributed by atoms with Gasteiger partial charge in [0, 0.05) is 7.05 Å². The average molecular weight is 242 g/mol. The van der Waals surface area contributed by atoms with Gasteiger partial charge in [-0.3, -0.25) is 0 Å². The number of primary sulfonamides is 1. The maximum atomic E-state index is 11.2. The van der Waals surface area contributed by atoms with Crippen LogP contribution in [0.2, 0.25) is 0 Å². The molecule has 0 saturated heterocycles. The van der Waals surface area contributed by atoms with E-state index in [2.05, 4.69) is 0 Å². The molecule has 1 aliphatic heterocycles. The normalized spacial score (nSPS) is 20.2. The first kappa shape index (κ1) is 11.2. The second kappa shape index (κ2) is 3.64. The molecule has 2 rings (SSSR count). The third-order valence-electron chi connectivity index (χ3n) is 2.53. The zero-order valence-electron chi connectivity index (χ0n) is 9.17. The van der Waals surface area contributed by atoms with Gasteiger partial charge in [-0.05, 0) is 25.1 Å². The van der Waals surface area contributed by atoms with Gasteiger partial charge in [0.15, 0.2) is 0 Å². The molecule has 88 valence electrons. The largest absolute Gasteiger partial charge is 0.487 e. The predicted molar refractivity (Wildman–Crippen MR) is 61.2 cm³/mol. The number of ether oxygens (including phenoxy) is 1. The lowest BCUT2D eigenvalue weighted by atomic mass is 10.2. The number of benzene rings is 1. The Balaban J connectivity index is 2.51. The van der Waals surface area contributed by atoms with Gasteiger partial charge in [-0.15, -0.1) is 0 Å². The monoisotopic (exact) mass is 242 g/mol. The van der Waals surface area contributed by atoms with Gasteiger partial charge in [-0.1, -0.05) is 0 Å². The van der Waals surface area contributed by atoms with E-state index >= 15 is 0 Å². The summed E-state index contributed by atoms with van der Waals surface area (Å²) in [6.45, 7) is 2.69. The fourth-order valence-corrected chi connectivity index (χ4v) is 2.34. The first-order valence-corrected chi connectivity index (χ1v) is 6.47. The number of hydrogen-bond acceptors (Lipinski definition) is 4. The van der Waals surface area contributed by atoms with Crippen LogP contribution in [0.3, 0.4) is 0 Å². The van der Waals surface area contributed by atoms with E-state index < -0.39 is 10.0 Å². The van der Waals surface area contributed by atoms with Gasteiger partial charge >= 0.3 is 0 Å². The molecule has 1 atom stereocenters. The van der Waals surface area contributed by atoms with Crippen molar-refractivity contribution in [2.24, 2.45) is 5.14 Å². The third-order valence-corrected chi connectivity index (χ3v) is 3.44. The standard InChI is InChI=1S/C10H14N2O3S/c1-7-6-12(2)9-5-8(16(11,13)14)3-4-10(9)15-7/h3-5,7H,6H2,1-2H3,(H2,11,13,14). The highest BCUT2D eigenvalue weighted by molar-refractivity contribution is 7.89. The topological polar surface area (TPSA) is 72.6 Å². The number of fused-ring (bicyclic) bond motifs is 1. The Morgan fingerprint density at radius 1 is 1.50 bits per heavy atom. The first-order valence-electron chi connectivity index (χ1n) is 4.92. The number of hydrogen-bond donors (Lipinski definition) is 1. The maximum absolute atomic E-state index is 11.2. The molecule has 2 N–H and O–H groups in total. The van der Waals surface area contributed by atoms with Crippen LogP contribution in [0.25, 0.3) is 0 Å². The van der Waals surface area contributed by atoms with E-state index in [9.17, 15) is 8.42 Å². The minimum Gasteiger partial charge on any atom is -0.487 e. The summed E-state index contributed by atoms with van der Waals surface area (Å²) in [7, 11) is -1.76. The zero-order valence-corrected chi connectivity index (χ0v) is 9.99. The van der Waals surface area contributed by atoms with Crippen LogP contribution >= 0.6 is 0 Å². The van der Waals surface area contributed by atoms with E-state index in [4.69, 9.17) is 9.88 Å². The zero-order chi connectivity index (χ0) is 11.9. The van der Waals surface area contributed by atoms with Gasteiger partial charge in [0.2, 0.25) is 10.0 Å². The van der Waals surface area contributed by atoms with Gasteiger partial charge in [0.05, 0.1) is 17.1 Å². The van der Waals surface area contributed by atoms with Gasteiger partial charge in [-0.2, -0.15) is 0 Å². The highest BCUT2D eigenvalue weighted by atomic mass is 32.2. The molecule has 6 heteroatoms. The van der Waals surface area contributed by atoms with Crippen molar-refractivity contribution >= 4 is 15.7 Å². The molecule has 0 saturated carbocycles. The van der Waals surface area contributed by atoms with Crippen molar-refractivity contribution in [3.05, 3.63) is 18.2 Å². The quantitative estimate of drug-likeness (QED) is 0.780. The Morgan fingerprint density at radius 2 is 2.19 bits per heavy atom. The molecule has 1 aromatic carbocycles. The van der Waals surface area contributed by atoms with Crippen LogP contribution < -0.4 is 14.8 Å². The highest BCUT2D eigenvalue weighted by Gasteiger charge is 2.22. The summed E-state index contributed by atoms with van der Waals surface area (Å²) < 4.78 is 28.0. The molecule has 16 heavy (non-hydrogen) atoms. The van der Waals surface area contributed by atoms with E-state index in [-0.39, 0.29) is 11.0 Å². The summed E-state index contributed by atoms with van der Waals surface area (Å²) in [5.41, 5.74) is 0.754. The van der Waals surface area contributed by atoms with Crippen LogP contribution in [0.4, 0.5) is 5.69 Å². The molecule has 1 aromatic rings. The second-order valence-electron chi connectivity index (χ2n) is 3.98. The Bertz CT molecular complexity index is 513. The van der Waals surface area contributed by atoms with E-state index in [1.165, 1.54) is 12.1 Å². The van der Waals surface area contributed by atoms with E-state index in [1.54, 1.807) is 6.07 Å². The number of nitrogens with two attached hydrogens (primary N) is 1. The van der Waals surface area contributed by atoms with Crippen molar-refractivity contribution in [2.75, 3.05) is 18.5 Å². The maximum Gasteiger partial charge on any atom is 0.238 e. The molecule has 0 aliphatic carbocycles. The van der Waals surface area contributed by atoms with Crippen LogP contribution in [0.5, 0.6) is 5.75 Å². The molecule has 0 bridgehead atoms. The summed E-state index contributed by atoms with van der Waals surface area (Å²) in [5.74, 6) is 0.689. The predicted octanol–water partition coefficient (Wildman–Crippen LogP) is 0.551. The second-order valence-corrected chi connectivity index (χ2v) is 5.54. The van der Waals surface area contributed by atoms with Crippen LogP contribution in [0.1, 0.15) is 6.92 Å². The molecule has 1 aliphatic rings. The lowest BCUT2D eigenvalue weighted by Crippen LogP contribution is -2.35. The van der Waals surface area contributed by atoms with Crippen molar-refractivity contribution in [2.45, 2.75) is 17.9 Å². The lowest BCUT2D eigenvalue weighted by molar-refractivity contribution is 0.215. The highest BCUT2D eigenvalue weighted by Crippen LogP contribution is 2.34. The number of nitrogens with zero attached hydrogens (tertiary/aromatic N) is 1. The summed E-state index contributed by atoms with van der Waals surface area (Å²) >= 11 is 0. The van der Waals surface area contributed by atoms with Crippen molar-refractivity contribution in [3.63, 3.8) is 0 Å². The molecule has 0 fully saturated rings. The molecule has 0 aromatic heterocycles. The van der Waals surface area contributed by atoms with Crippen LogP contribution in [0, 0.1) is 0 Å². The number of rotatable bonds is 1. The number of likely N-dealkylation sites (N-methyl/N-ethyl adjacent to an activating group) is 1. The molecule has 0 radical (unpaired) electrons. The summed E-state index contributed by atoms with van der Waals surface area (Å²) in [6.07, 6.45) is 0.0952. The van der Waals surface area contributed by atoms with Gasteiger partial charge in [0.1, 0.15) is 11.9 Å². The number of anilines is 1. The van der Waals surface area contributed by atoms with Crippen LogP contribution in [0.15, 0.2) is 23.1 Å². The van der Waals surface area contributed by atoms with E-state index in [0.29, 0.717) is 5.75 Å². The smallest absolute Gasteiger partial charge is 0.238 e. The lowest BCUT2D eigenvalue weighted by Gasteiger charge is -2.32. The van der Waals surface area contributed by atoms with Crippen molar-refractivity contribution < 1.29 is 13.2 Å². The van der Waals surface area contributed by atoms with Crippen molar-refractivity contribution in [1.29, 1.82) is 0 Å². The molecule has 1 heterocycles.